The molecule has 0 fully saturated rings. The summed E-state index contributed by atoms with van der Waals surface area (Å²) in [5.41, 5.74) is 6.49. The van der Waals surface area contributed by atoms with Crippen LogP contribution in [0.1, 0.15) is 19.4 Å². The number of benzene rings is 1. The van der Waals surface area contributed by atoms with E-state index in [9.17, 15) is 0 Å². The summed E-state index contributed by atoms with van der Waals surface area (Å²) in [5.74, 6) is 0. The molecule has 1 aromatic carbocycles. The van der Waals surface area contributed by atoms with E-state index in [4.69, 9.17) is 0 Å². The van der Waals surface area contributed by atoms with Crippen molar-refractivity contribution in [3.63, 3.8) is 0 Å². The number of anilines is 1. The lowest BCUT2D eigenvalue weighted by molar-refractivity contribution is 0.563. The molecule has 0 spiro atoms. The summed E-state index contributed by atoms with van der Waals surface area (Å²) in [7, 11) is 2.18. The second-order valence-corrected chi connectivity index (χ2v) is 6.58. The molecule has 0 saturated carbocycles. The van der Waals surface area contributed by atoms with E-state index in [2.05, 4.69) is 71.7 Å². The highest BCUT2D eigenvalue weighted by atomic mass is 15.1. The molecule has 0 saturated heterocycles. The van der Waals surface area contributed by atoms with Gasteiger partial charge in [0.05, 0.1) is 0 Å². The van der Waals surface area contributed by atoms with Crippen molar-refractivity contribution in [2.45, 2.75) is 19.3 Å². The Kier molecular flexibility index (Phi) is 2.43. The molecule has 106 valence electrons. The Hall–Kier alpha value is -2.29. The molecule has 3 heterocycles. The molecule has 3 nitrogen and oxygen atoms in total. The fourth-order valence-electron chi connectivity index (χ4n) is 3.45. The van der Waals surface area contributed by atoms with Gasteiger partial charge in [-0.15, -0.1) is 0 Å². The summed E-state index contributed by atoms with van der Waals surface area (Å²) in [6, 6.07) is 11.0. The molecular formula is C18H19N3. The van der Waals surface area contributed by atoms with Crippen molar-refractivity contribution in [2.24, 2.45) is 0 Å². The third kappa shape index (κ3) is 1.84. The Balaban J connectivity index is 1.85. The monoisotopic (exact) mass is 277 g/mol. The molecule has 1 aliphatic rings. The molecule has 4 rings (SSSR count). The second-order valence-electron chi connectivity index (χ2n) is 6.58. The Bertz CT molecular complexity index is 829. The number of nitrogens with zero attached hydrogens (tertiary/aromatic N) is 3. The molecule has 3 aromatic rings. The highest BCUT2D eigenvalue weighted by molar-refractivity contribution is 5.73. The van der Waals surface area contributed by atoms with Crippen LogP contribution in [0.3, 0.4) is 0 Å². The summed E-state index contributed by atoms with van der Waals surface area (Å²) in [6.07, 6.45) is 5.96. The molecule has 0 atom stereocenters. The molecule has 0 N–H and O–H groups in total. The predicted octanol–water partition coefficient (Wildman–Crippen LogP) is 3.73. The zero-order valence-corrected chi connectivity index (χ0v) is 12.7. The molecular weight excluding hydrogens is 258 g/mol. The molecule has 0 radical (unpaired) electrons. The van der Waals surface area contributed by atoms with Crippen molar-refractivity contribution in [3.05, 3.63) is 54.5 Å². The average molecular weight is 277 g/mol. The minimum absolute atomic E-state index is 0.233. The number of imidazole rings is 1. The van der Waals surface area contributed by atoms with Crippen LogP contribution in [0.2, 0.25) is 0 Å². The predicted molar refractivity (Wildman–Crippen MR) is 86.9 cm³/mol. The van der Waals surface area contributed by atoms with Crippen LogP contribution >= 0.6 is 0 Å². The van der Waals surface area contributed by atoms with Crippen LogP contribution in [0.4, 0.5) is 5.69 Å². The number of aromatic nitrogens is 2. The molecule has 0 amide bonds. The molecule has 3 heteroatoms. The Morgan fingerprint density at radius 2 is 1.90 bits per heavy atom. The summed E-state index contributed by atoms with van der Waals surface area (Å²) >= 11 is 0. The lowest BCUT2D eigenvalue weighted by Gasteiger charge is -2.18. The van der Waals surface area contributed by atoms with Gasteiger partial charge in [0.1, 0.15) is 5.65 Å². The van der Waals surface area contributed by atoms with Crippen LogP contribution < -0.4 is 4.90 Å². The first-order valence-electron chi connectivity index (χ1n) is 7.33. The van der Waals surface area contributed by atoms with Gasteiger partial charge in [-0.25, -0.2) is 4.98 Å². The zero-order chi connectivity index (χ0) is 14.6. The topological polar surface area (TPSA) is 20.5 Å². The Morgan fingerprint density at radius 1 is 1.10 bits per heavy atom. The van der Waals surface area contributed by atoms with Crippen LogP contribution in [0.25, 0.3) is 16.8 Å². The van der Waals surface area contributed by atoms with Gasteiger partial charge >= 0.3 is 0 Å². The number of hydrogen-bond acceptors (Lipinski definition) is 2. The fourth-order valence-corrected chi connectivity index (χ4v) is 3.45. The van der Waals surface area contributed by atoms with E-state index in [1.54, 1.807) is 0 Å². The second kappa shape index (κ2) is 4.10. The van der Waals surface area contributed by atoms with Crippen molar-refractivity contribution in [1.82, 2.24) is 9.38 Å². The third-order valence-electron chi connectivity index (χ3n) is 4.49. The number of pyridine rings is 1. The minimum Gasteiger partial charge on any atom is -0.373 e. The zero-order valence-electron chi connectivity index (χ0n) is 12.7. The van der Waals surface area contributed by atoms with E-state index < -0.39 is 0 Å². The van der Waals surface area contributed by atoms with E-state index in [-0.39, 0.29) is 5.41 Å². The maximum absolute atomic E-state index is 4.30. The third-order valence-corrected chi connectivity index (χ3v) is 4.49. The van der Waals surface area contributed by atoms with Gasteiger partial charge in [-0.2, -0.15) is 0 Å². The Labute approximate surface area is 124 Å². The Morgan fingerprint density at radius 3 is 2.76 bits per heavy atom. The maximum atomic E-state index is 4.30. The van der Waals surface area contributed by atoms with E-state index in [1.807, 2.05) is 12.4 Å². The summed E-state index contributed by atoms with van der Waals surface area (Å²) in [5, 5.41) is 0. The molecule has 21 heavy (non-hydrogen) atoms. The largest absolute Gasteiger partial charge is 0.373 e. The van der Waals surface area contributed by atoms with Crippen molar-refractivity contribution in [3.8, 4) is 11.1 Å². The van der Waals surface area contributed by atoms with E-state index in [1.165, 1.54) is 22.4 Å². The fraction of sp³-hybridized carbons (Fsp3) is 0.278. The molecule has 2 aromatic heterocycles. The summed E-state index contributed by atoms with van der Waals surface area (Å²) in [4.78, 5) is 6.65. The maximum Gasteiger partial charge on any atom is 0.136 e. The molecule has 0 bridgehead atoms. The average Bonchev–Trinajstić information content (AvgIpc) is 3.01. The van der Waals surface area contributed by atoms with Gasteiger partial charge in [0, 0.05) is 43.3 Å². The minimum atomic E-state index is 0.233. The summed E-state index contributed by atoms with van der Waals surface area (Å²) in [6.45, 7) is 5.70. The lowest BCUT2D eigenvalue weighted by Crippen LogP contribution is -2.24. The first-order chi connectivity index (χ1) is 10.0. The lowest BCUT2D eigenvalue weighted by atomic mass is 9.86. The standard InChI is InChI=1S/C18H19N3/c1-18(2)12-20(3)16-10-13(4-6-15(16)18)14-5-7-17-19-8-9-21(17)11-14/h4-11H,12H2,1-3H3. The molecule has 1 aliphatic heterocycles. The van der Waals surface area contributed by atoms with Gasteiger partial charge in [0.15, 0.2) is 0 Å². The SMILES string of the molecule is CN1CC(C)(C)c2ccc(-c3ccc4nccn4c3)cc21. The quantitative estimate of drug-likeness (QED) is 0.675. The number of fused-ring (bicyclic) bond motifs is 2. The van der Waals surface area contributed by atoms with Crippen LogP contribution in [0.15, 0.2) is 48.9 Å². The first kappa shape index (κ1) is 12.5. The van der Waals surface area contributed by atoms with Gasteiger partial charge in [0.25, 0.3) is 0 Å². The molecule has 0 aliphatic carbocycles. The van der Waals surface area contributed by atoms with Crippen LogP contribution in [-0.4, -0.2) is 23.0 Å². The van der Waals surface area contributed by atoms with Crippen LogP contribution in [0, 0.1) is 0 Å². The number of rotatable bonds is 1. The number of likely N-dealkylation sites (N-methyl/N-ethyl adjacent to an activating group) is 1. The highest BCUT2D eigenvalue weighted by Gasteiger charge is 2.33. The van der Waals surface area contributed by atoms with Gasteiger partial charge < -0.3 is 9.30 Å². The number of hydrogen-bond donors (Lipinski definition) is 0. The van der Waals surface area contributed by atoms with Crippen LogP contribution in [0.5, 0.6) is 0 Å². The van der Waals surface area contributed by atoms with Crippen molar-refractivity contribution in [1.29, 1.82) is 0 Å². The van der Waals surface area contributed by atoms with E-state index in [0.29, 0.717) is 0 Å². The summed E-state index contributed by atoms with van der Waals surface area (Å²) < 4.78 is 2.07. The van der Waals surface area contributed by atoms with Crippen molar-refractivity contribution < 1.29 is 0 Å². The van der Waals surface area contributed by atoms with Gasteiger partial charge in [-0.1, -0.05) is 26.0 Å². The van der Waals surface area contributed by atoms with Crippen molar-refractivity contribution >= 4 is 11.3 Å². The van der Waals surface area contributed by atoms with Gasteiger partial charge in [-0.3, -0.25) is 0 Å². The van der Waals surface area contributed by atoms with Gasteiger partial charge in [0.2, 0.25) is 0 Å². The first-order valence-corrected chi connectivity index (χ1v) is 7.33. The van der Waals surface area contributed by atoms with Gasteiger partial charge in [-0.05, 0) is 34.9 Å². The van der Waals surface area contributed by atoms with Crippen LogP contribution in [-0.2, 0) is 5.41 Å². The van der Waals surface area contributed by atoms with E-state index in [0.717, 1.165) is 12.2 Å². The smallest absolute Gasteiger partial charge is 0.136 e. The highest BCUT2D eigenvalue weighted by Crippen LogP contribution is 2.41. The molecule has 0 unspecified atom stereocenters. The van der Waals surface area contributed by atoms with Crippen molar-refractivity contribution in [2.75, 3.05) is 18.5 Å². The normalized spacial score (nSPS) is 16.4. The van der Waals surface area contributed by atoms with E-state index >= 15 is 0 Å².